The zero-order chi connectivity index (χ0) is 17.8. The molecule has 2 heterocycles. The van der Waals surface area contributed by atoms with Crippen molar-refractivity contribution in [1.29, 1.82) is 5.26 Å². The van der Waals surface area contributed by atoms with Gasteiger partial charge in [-0.1, -0.05) is 6.07 Å². The van der Waals surface area contributed by atoms with E-state index in [4.69, 9.17) is 5.26 Å². The fraction of sp³-hybridized carbons (Fsp3) is 0.333. The molecule has 5 nitrogen and oxygen atoms in total. The maximum atomic E-state index is 14.0. The van der Waals surface area contributed by atoms with Gasteiger partial charge in [0.05, 0.1) is 11.6 Å². The summed E-state index contributed by atoms with van der Waals surface area (Å²) in [7, 11) is 2.08. The van der Waals surface area contributed by atoms with Crippen molar-refractivity contribution in [1.82, 2.24) is 9.88 Å². The lowest BCUT2D eigenvalue weighted by Crippen LogP contribution is -2.45. The van der Waals surface area contributed by atoms with Crippen LogP contribution in [0.2, 0.25) is 0 Å². The van der Waals surface area contributed by atoms with Crippen molar-refractivity contribution in [3.63, 3.8) is 0 Å². The van der Waals surface area contributed by atoms with Gasteiger partial charge in [0.2, 0.25) is 0 Å². The predicted molar refractivity (Wildman–Crippen MR) is 92.3 cm³/mol. The number of benzene rings is 1. The molecule has 3 rings (SSSR count). The zero-order valence-electron chi connectivity index (χ0n) is 14.0. The molecule has 0 atom stereocenters. The SMILES string of the molecule is CN1CCN(c2ncccc2CNc2c(F)cc(C#N)cc2F)CC1. The van der Waals surface area contributed by atoms with Gasteiger partial charge in [0.15, 0.2) is 11.6 Å². The number of pyridine rings is 1. The fourth-order valence-corrected chi connectivity index (χ4v) is 2.86. The summed E-state index contributed by atoms with van der Waals surface area (Å²) in [5.74, 6) is -0.722. The Kier molecular flexibility index (Phi) is 5.10. The molecule has 0 spiro atoms. The standard InChI is InChI=1S/C18H19F2N5/c1-24-5-7-25(8-6-24)18-14(3-2-4-22-18)12-23-17-15(19)9-13(11-21)10-16(17)20/h2-4,9-10,23H,5-8,12H2,1H3. The summed E-state index contributed by atoms with van der Waals surface area (Å²) in [6.07, 6.45) is 1.72. The Morgan fingerprint density at radius 2 is 1.88 bits per heavy atom. The number of anilines is 2. The third-order valence-electron chi connectivity index (χ3n) is 4.30. The van der Waals surface area contributed by atoms with E-state index in [2.05, 4.69) is 27.1 Å². The number of nitrogens with one attached hydrogen (secondary N) is 1. The minimum atomic E-state index is -0.776. The van der Waals surface area contributed by atoms with Crippen LogP contribution in [-0.2, 0) is 6.54 Å². The van der Waals surface area contributed by atoms with Gasteiger partial charge in [0.1, 0.15) is 11.5 Å². The maximum Gasteiger partial charge on any atom is 0.150 e. The minimum Gasteiger partial charge on any atom is -0.376 e. The first-order chi connectivity index (χ1) is 12.1. The van der Waals surface area contributed by atoms with Crippen LogP contribution in [0.25, 0.3) is 0 Å². The molecule has 1 aliphatic heterocycles. The van der Waals surface area contributed by atoms with Crippen LogP contribution in [0.1, 0.15) is 11.1 Å². The molecule has 1 aromatic heterocycles. The summed E-state index contributed by atoms with van der Waals surface area (Å²) in [5, 5.41) is 11.6. The van der Waals surface area contributed by atoms with E-state index >= 15 is 0 Å². The highest BCUT2D eigenvalue weighted by Crippen LogP contribution is 2.24. The van der Waals surface area contributed by atoms with E-state index < -0.39 is 11.6 Å². The fourth-order valence-electron chi connectivity index (χ4n) is 2.86. The van der Waals surface area contributed by atoms with Crippen molar-refractivity contribution in [3.8, 4) is 6.07 Å². The van der Waals surface area contributed by atoms with E-state index in [9.17, 15) is 8.78 Å². The van der Waals surface area contributed by atoms with Crippen molar-refractivity contribution in [2.45, 2.75) is 6.54 Å². The molecule has 1 aromatic carbocycles. The molecule has 0 radical (unpaired) electrons. The number of halogens is 2. The molecule has 0 bridgehead atoms. The van der Waals surface area contributed by atoms with Crippen molar-refractivity contribution in [2.24, 2.45) is 0 Å². The largest absolute Gasteiger partial charge is 0.376 e. The van der Waals surface area contributed by atoms with Gasteiger partial charge in [0.25, 0.3) is 0 Å². The van der Waals surface area contributed by atoms with E-state index in [1.54, 1.807) is 12.3 Å². The normalized spacial score (nSPS) is 15.0. The van der Waals surface area contributed by atoms with Crippen molar-refractivity contribution in [2.75, 3.05) is 43.4 Å². The summed E-state index contributed by atoms with van der Waals surface area (Å²) in [4.78, 5) is 8.88. The second-order valence-electron chi connectivity index (χ2n) is 6.06. The van der Waals surface area contributed by atoms with Gasteiger partial charge < -0.3 is 15.1 Å². The van der Waals surface area contributed by atoms with Crippen molar-refractivity contribution < 1.29 is 8.78 Å². The first kappa shape index (κ1) is 17.1. The van der Waals surface area contributed by atoms with Gasteiger partial charge in [-0.2, -0.15) is 5.26 Å². The topological polar surface area (TPSA) is 55.2 Å². The van der Waals surface area contributed by atoms with Gasteiger partial charge in [0, 0.05) is 44.5 Å². The molecule has 25 heavy (non-hydrogen) atoms. The molecule has 0 amide bonds. The number of nitriles is 1. The highest BCUT2D eigenvalue weighted by molar-refractivity contribution is 5.53. The lowest BCUT2D eigenvalue weighted by atomic mass is 10.1. The Bertz CT molecular complexity index is 771. The Morgan fingerprint density at radius 1 is 1.20 bits per heavy atom. The second kappa shape index (κ2) is 7.45. The zero-order valence-corrected chi connectivity index (χ0v) is 14.0. The Labute approximate surface area is 145 Å². The van der Waals surface area contributed by atoms with Crippen LogP contribution in [-0.4, -0.2) is 43.1 Å². The molecule has 1 aliphatic rings. The predicted octanol–water partition coefficient (Wildman–Crippen LogP) is 2.60. The number of nitrogens with zero attached hydrogens (tertiary/aromatic N) is 4. The highest BCUT2D eigenvalue weighted by atomic mass is 19.1. The minimum absolute atomic E-state index is 0.0416. The lowest BCUT2D eigenvalue weighted by Gasteiger charge is -2.34. The third-order valence-corrected chi connectivity index (χ3v) is 4.30. The Morgan fingerprint density at radius 3 is 2.52 bits per heavy atom. The van der Waals surface area contributed by atoms with E-state index in [-0.39, 0.29) is 17.8 Å². The molecule has 1 fully saturated rings. The van der Waals surface area contributed by atoms with Crippen LogP contribution in [0.4, 0.5) is 20.3 Å². The molecule has 1 saturated heterocycles. The van der Waals surface area contributed by atoms with Gasteiger partial charge >= 0.3 is 0 Å². The average Bonchev–Trinajstić information content (AvgIpc) is 2.62. The Balaban J connectivity index is 1.78. The van der Waals surface area contributed by atoms with E-state index in [0.717, 1.165) is 49.7 Å². The molecule has 7 heteroatoms. The monoisotopic (exact) mass is 343 g/mol. The molecular formula is C18H19F2N5. The molecule has 0 saturated carbocycles. The van der Waals surface area contributed by atoms with Crippen LogP contribution < -0.4 is 10.2 Å². The van der Waals surface area contributed by atoms with Crippen molar-refractivity contribution in [3.05, 3.63) is 53.2 Å². The number of aromatic nitrogens is 1. The molecule has 2 aromatic rings. The van der Waals surface area contributed by atoms with Crippen LogP contribution in [0.3, 0.4) is 0 Å². The van der Waals surface area contributed by atoms with Gasteiger partial charge in [-0.3, -0.25) is 0 Å². The van der Waals surface area contributed by atoms with E-state index in [1.165, 1.54) is 0 Å². The molecular weight excluding hydrogens is 324 g/mol. The lowest BCUT2D eigenvalue weighted by molar-refractivity contribution is 0.312. The van der Waals surface area contributed by atoms with Crippen LogP contribution in [0.5, 0.6) is 0 Å². The van der Waals surface area contributed by atoms with Crippen LogP contribution >= 0.6 is 0 Å². The summed E-state index contributed by atoms with van der Waals surface area (Å²) in [5.41, 5.74) is 0.599. The highest BCUT2D eigenvalue weighted by Gasteiger charge is 2.18. The van der Waals surface area contributed by atoms with E-state index in [0.29, 0.717) is 0 Å². The molecule has 130 valence electrons. The first-order valence-electron chi connectivity index (χ1n) is 8.09. The van der Waals surface area contributed by atoms with Crippen LogP contribution in [0.15, 0.2) is 30.5 Å². The summed E-state index contributed by atoms with van der Waals surface area (Å²) >= 11 is 0. The summed E-state index contributed by atoms with van der Waals surface area (Å²) in [6.45, 7) is 3.86. The number of piperazine rings is 1. The molecule has 1 N–H and O–H groups in total. The van der Waals surface area contributed by atoms with Gasteiger partial charge in [-0.05, 0) is 25.2 Å². The van der Waals surface area contributed by atoms with Crippen LogP contribution in [0, 0.1) is 23.0 Å². The third kappa shape index (κ3) is 3.86. The molecule has 0 aliphatic carbocycles. The number of rotatable bonds is 4. The Hall–Kier alpha value is -2.72. The second-order valence-corrected chi connectivity index (χ2v) is 6.06. The number of hydrogen-bond acceptors (Lipinski definition) is 5. The number of likely N-dealkylation sites (N-methyl/N-ethyl adjacent to an activating group) is 1. The quantitative estimate of drug-likeness (QED) is 0.925. The van der Waals surface area contributed by atoms with Gasteiger partial charge in [-0.15, -0.1) is 0 Å². The molecule has 0 unspecified atom stereocenters. The summed E-state index contributed by atoms with van der Waals surface area (Å²) in [6, 6.07) is 7.49. The smallest absolute Gasteiger partial charge is 0.150 e. The van der Waals surface area contributed by atoms with E-state index in [1.807, 2.05) is 12.1 Å². The average molecular weight is 343 g/mol. The maximum absolute atomic E-state index is 14.0. The summed E-state index contributed by atoms with van der Waals surface area (Å²) < 4.78 is 28.0. The first-order valence-corrected chi connectivity index (χ1v) is 8.09. The number of hydrogen-bond donors (Lipinski definition) is 1. The van der Waals surface area contributed by atoms with Gasteiger partial charge in [-0.25, -0.2) is 13.8 Å². The van der Waals surface area contributed by atoms with Crippen molar-refractivity contribution >= 4 is 11.5 Å².